The van der Waals surface area contributed by atoms with Crippen LogP contribution in [0.15, 0.2) is 18.2 Å². The molecule has 2 rings (SSSR count). The fourth-order valence-corrected chi connectivity index (χ4v) is 3.72. The van der Waals surface area contributed by atoms with E-state index in [1.54, 1.807) is 45.9 Å². The average Bonchev–Trinajstić information content (AvgIpc) is 3.44. The zero-order chi connectivity index (χ0) is 26.6. The Morgan fingerprint density at radius 3 is 2.31 bits per heavy atom. The Labute approximate surface area is 206 Å². The summed E-state index contributed by atoms with van der Waals surface area (Å²) in [6.07, 6.45) is -0.332. The second kappa shape index (κ2) is 11.2. The molecule has 0 aromatic heterocycles. The van der Waals surface area contributed by atoms with Crippen LogP contribution in [-0.2, 0) is 25.5 Å². The lowest BCUT2D eigenvalue weighted by molar-refractivity contribution is -0.137. The van der Waals surface area contributed by atoms with E-state index >= 15 is 0 Å². The molecule has 0 aliphatic carbocycles. The van der Waals surface area contributed by atoms with E-state index in [1.807, 2.05) is 20.8 Å². The molecular weight excluding hydrogens is 452 g/mol. The molecular formula is C26H38N2O7. The highest BCUT2D eigenvalue weighted by Gasteiger charge is 2.50. The maximum Gasteiger partial charge on any atom is 0.407 e. The number of carboxylic acid groups (broad SMARTS) is 1. The highest BCUT2D eigenvalue weighted by molar-refractivity contribution is 6.01. The zero-order valence-corrected chi connectivity index (χ0v) is 21.7. The van der Waals surface area contributed by atoms with Crippen molar-refractivity contribution in [2.75, 3.05) is 6.61 Å². The summed E-state index contributed by atoms with van der Waals surface area (Å²) in [4.78, 5) is 49.5. The number of hydrogen-bond acceptors (Lipinski definition) is 6. The van der Waals surface area contributed by atoms with Crippen molar-refractivity contribution in [1.82, 2.24) is 10.6 Å². The van der Waals surface area contributed by atoms with Gasteiger partial charge in [-0.2, -0.15) is 0 Å². The largest absolute Gasteiger partial charge is 0.481 e. The van der Waals surface area contributed by atoms with Gasteiger partial charge in [0.1, 0.15) is 11.2 Å². The number of ketones is 1. The van der Waals surface area contributed by atoms with Crippen LogP contribution in [0.3, 0.4) is 0 Å². The summed E-state index contributed by atoms with van der Waals surface area (Å²) in [5.74, 6) is -1.42. The van der Waals surface area contributed by atoms with Crippen molar-refractivity contribution in [2.45, 2.75) is 91.0 Å². The number of aliphatic carboxylic acids is 1. The number of amides is 2. The molecule has 0 radical (unpaired) electrons. The smallest absolute Gasteiger partial charge is 0.407 e. The van der Waals surface area contributed by atoms with E-state index in [9.17, 15) is 24.3 Å². The lowest BCUT2D eigenvalue weighted by Gasteiger charge is -2.24. The summed E-state index contributed by atoms with van der Waals surface area (Å²) < 4.78 is 10.5. The number of epoxide rings is 1. The first-order valence-corrected chi connectivity index (χ1v) is 11.9. The van der Waals surface area contributed by atoms with E-state index in [0.29, 0.717) is 24.2 Å². The van der Waals surface area contributed by atoms with E-state index in [1.165, 1.54) is 0 Å². The number of nitrogens with one attached hydrogen (secondary N) is 2. The minimum absolute atomic E-state index is 0.144. The Balaban J connectivity index is 2.19. The maximum absolute atomic E-state index is 13.1. The summed E-state index contributed by atoms with van der Waals surface area (Å²) in [5.41, 5.74) is 0.335. The molecule has 35 heavy (non-hydrogen) atoms. The molecule has 0 bridgehead atoms. The lowest BCUT2D eigenvalue weighted by atomic mass is 9.92. The molecule has 0 saturated carbocycles. The molecule has 9 heteroatoms. The van der Waals surface area contributed by atoms with Crippen molar-refractivity contribution >= 4 is 23.8 Å². The first-order chi connectivity index (χ1) is 16.1. The number of ether oxygens (including phenoxy) is 2. The predicted octanol–water partition coefficient (Wildman–Crippen LogP) is 3.41. The fraction of sp³-hybridized carbons (Fsp3) is 0.615. The Kier molecular flexibility index (Phi) is 9.06. The first kappa shape index (κ1) is 28.3. The molecule has 3 N–H and O–H groups in total. The molecule has 1 aromatic rings. The van der Waals surface area contributed by atoms with Crippen LogP contribution < -0.4 is 10.6 Å². The SMILES string of the molecule is Cc1ccc(C(=O)N[C@@H](CC(C)C)C(=O)[C@@]2(C)CO2)cc1C[C@@H](CC(=O)O)NC(=O)OC(C)(C)C. The number of carbonyl (C=O) groups is 4. The highest BCUT2D eigenvalue weighted by atomic mass is 16.6. The summed E-state index contributed by atoms with van der Waals surface area (Å²) in [6, 6.07) is 3.69. The van der Waals surface area contributed by atoms with Crippen molar-refractivity contribution in [3.05, 3.63) is 34.9 Å². The molecule has 0 unspecified atom stereocenters. The van der Waals surface area contributed by atoms with Crippen LogP contribution in [0.5, 0.6) is 0 Å². The molecule has 1 aromatic carbocycles. The Hall–Kier alpha value is -2.94. The van der Waals surface area contributed by atoms with Gasteiger partial charge in [0.2, 0.25) is 0 Å². The van der Waals surface area contributed by atoms with Gasteiger partial charge in [0.15, 0.2) is 5.78 Å². The molecule has 1 heterocycles. The Morgan fingerprint density at radius 2 is 1.80 bits per heavy atom. The van der Waals surface area contributed by atoms with E-state index in [2.05, 4.69) is 10.6 Å². The van der Waals surface area contributed by atoms with Crippen molar-refractivity contribution in [3.63, 3.8) is 0 Å². The van der Waals surface area contributed by atoms with Gasteiger partial charge in [-0.05, 0) is 76.6 Å². The van der Waals surface area contributed by atoms with Crippen molar-refractivity contribution < 1.29 is 33.8 Å². The standard InChI is InChI=1S/C26H38N2O7/c1-15(2)10-20(22(31)26(7)14-34-26)28-23(32)17-9-8-16(3)18(11-17)12-19(13-21(29)30)27-24(33)35-25(4,5)6/h8-9,11,15,19-20H,10,12-14H2,1-7H3,(H,27,33)(H,28,32)(H,29,30)/t19-,20-,26+/m0/s1. The number of carbonyl (C=O) groups excluding carboxylic acids is 3. The zero-order valence-electron chi connectivity index (χ0n) is 21.7. The van der Waals surface area contributed by atoms with Crippen LogP contribution in [-0.4, -0.2) is 58.8 Å². The van der Waals surface area contributed by atoms with Gasteiger partial charge < -0.3 is 25.2 Å². The molecule has 1 fully saturated rings. The van der Waals surface area contributed by atoms with Crippen LogP contribution in [0.2, 0.25) is 0 Å². The van der Waals surface area contributed by atoms with Gasteiger partial charge >= 0.3 is 12.1 Å². The summed E-state index contributed by atoms with van der Waals surface area (Å²) in [5, 5.41) is 14.8. The van der Waals surface area contributed by atoms with Gasteiger partial charge in [-0.15, -0.1) is 0 Å². The highest BCUT2D eigenvalue weighted by Crippen LogP contribution is 2.30. The topological polar surface area (TPSA) is 134 Å². The molecule has 194 valence electrons. The van der Waals surface area contributed by atoms with Crippen molar-refractivity contribution in [1.29, 1.82) is 0 Å². The number of rotatable bonds is 11. The number of carboxylic acids is 1. The maximum atomic E-state index is 13.1. The van der Waals surface area contributed by atoms with Crippen LogP contribution >= 0.6 is 0 Å². The van der Waals surface area contributed by atoms with Crippen LogP contribution in [0.1, 0.15) is 75.9 Å². The van der Waals surface area contributed by atoms with Gasteiger partial charge in [0.05, 0.1) is 19.1 Å². The van der Waals surface area contributed by atoms with E-state index in [-0.39, 0.29) is 24.5 Å². The van der Waals surface area contributed by atoms with Crippen LogP contribution in [0.25, 0.3) is 0 Å². The first-order valence-electron chi connectivity index (χ1n) is 11.9. The Bertz CT molecular complexity index is 961. The summed E-state index contributed by atoms with van der Waals surface area (Å²) in [6.45, 7) is 13.0. The van der Waals surface area contributed by atoms with Gasteiger partial charge in [-0.1, -0.05) is 19.9 Å². The van der Waals surface area contributed by atoms with Crippen LogP contribution in [0, 0.1) is 12.8 Å². The monoisotopic (exact) mass is 490 g/mol. The lowest BCUT2D eigenvalue weighted by Crippen LogP contribution is -2.46. The minimum atomic E-state index is -1.07. The number of Topliss-reactive ketones (excluding diaryl/α,β-unsaturated/α-hetero) is 1. The molecule has 3 atom stereocenters. The minimum Gasteiger partial charge on any atom is -0.481 e. The van der Waals surface area contributed by atoms with Crippen molar-refractivity contribution in [3.8, 4) is 0 Å². The van der Waals surface area contributed by atoms with Gasteiger partial charge in [-0.25, -0.2) is 4.79 Å². The summed E-state index contributed by atoms with van der Waals surface area (Å²) in [7, 11) is 0. The van der Waals surface area contributed by atoms with Gasteiger partial charge in [-0.3, -0.25) is 14.4 Å². The van der Waals surface area contributed by atoms with Crippen molar-refractivity contribution in [2.24, 2.45) is 5.92 Å². The fourth-order valence-electron chi connectivity index (χ4n) is 3.72. The normalized spacial score (nSPS) is 19.0. The number of benzene rings is 1. The Morgan fingerprint density at radius 1 is 1.17 bits per heavy atom. The van der Waals surface area contributed by atoms with E-state index < -0.39 is 41.3 Å². The number of alkyl carbamates (subject to hydrolysis) is 1. The molecule has 2 amide bonds. The second-order valence-corrected chi connectivity index (χ2v) is 10.8. The molecule has 0 spiro atoms. The number of hydrogen-bond donors (Lipinski definition) is 3. The van der Waals surface area contributed by atoms with E-state index in [4.69, 9.17) is 9.47 Å². The predicted molar refractivity (Wildman–Crippen MR) is 130 cm³/mol. The summed E-state index contributed by atoms with van der Waals surface area (Å²) >= 11 is 0. The quantitative estimate of drug-likeness (QED) is 0.405. The third-order valence-electron chi connectivity index (χ3n) is 5.65. The molecule has 1 saturated heterocycles. The molecule has 1 aliphatic heterocycles. The number of aryl methyl sites for hydroxylation is 1. The molecule has 9 nitrogen and oxygen atoms in total. The van der Waals surface area contributed by atoms with Gasteiger partial charge in [0.25, 0.3) is 5.91 Å². The van der Waals surface area contributed by atoms with Gasteiger partial charge in [0, 0.05) is 11.6 Å². The van der Waals surface area contributed by atoms with Crippen LogP contribution in [0.4, 0.5) is 4.79 Å². The van der Waals surface area contributed by atoms with E-state index in [0.717, 1.165) is 5.56 Å². The average molecular weight is 491 g/mol. The second-order valence-electron chi connectivity index (χ2n) is 10.8. The third kappa shape index (κ3) is 8.98. The molecule has 1 aliphatic rings. The third-order valence-corrected chi connectivity index (χ3v) is 5.65.